The number of rotatable bonds is 9. The van der Waals surface area contributed by atoms with E-state index in [1.165, 1.54) is 4.31 Å². The zero-order valence-electron chi connectivity index (χ0n) is 17.7. The van der Waals surface area contributed by atoms with Gasteiger partial charge in [-0.15, -0.1) is 0 Å². The summed E-state index contributed by atoms with van der Waals surface area (Å²) in [5.74, 6) is -0.307. The lowest BCUT2D eigenvalue weighted by molar-refractivity contribution is 0.0951. The van der Waals surface area contributed by atoms with Gasteiger partial charge in [0.1, 0.15) is 0 Å². The van der Waals surface area contributed by atoms with Gasteiger partial charge >= 0.3 is 0 Å². The second-order valence-corrected chi connectivity index (χ2v) is 9.25. The molecule has 3 rings (SSSR count). The molecule has 0 saturated carbocycles. The number of likely N-dealkylation sites (N-methyl/N-ethyl adjacent to an activating group) is 1. The number of amides is 1. The SMILES string of the molecule is CN(C)CCNC(=O)c1ccccc1N(Cc1ccccc1)S(=O)(=O)c1ccccc1. The summed E-state index contributed by atoms with van der Waals surface area (Å²) in [5.41, 5.74) is 1.49. The van der Waals surface area contributed by atoms with E-state index in [1.807, 2.05) is 49.3 Å². The number of sulfonamides is 1. The first-order valence-electron chi connectivity index (χ1n) is 10.0. The Morgan fingerprint density at radius 3 is 2.06 bits per heavy atom. The van der Waals surface area contributed by atoms with E-state index < -0.39 is 10.0 Å². The summed E-state index contributed by atoms with van der Waals surface area (Å²) < 4.78 is 28.5. The molecule has 0 radical (unpaired) electrons. The molecule has 0 fully saturated rings. The Kier molecular flexibility index (Phi) is 7.44. The third-order valence-electron chi connectivity index (χ3n) is 4.76. The van der Waals surface area contributed by atoms with Crippen molar-refractivity contribution in [2.45, 2.75) is 11.4 Å². The molecule has 0 atom stereocenters. The van der Waals surface area contributed by atoms with Crippen molar-refractivity contribution in [3.8, 4) is 0 Å². The number of carbonyl (C=O) groups excluding carboxylic acids is 1. The highest BCUT2D eigenvalue weighted by Crippen LogP contribution is 2.29. The number of anilines is 1. The predicted molar refractivity (Wildman–Crippen MR) is 124 cm³/mol. The third-order valence-corrected chi connectivity index (χ3v) is 6.54. The zero-order valence-corrected chi connectivity index (χ0v) is 18.5. The van der Waals surface area contributed by atoms with E-state index in [2.05, 4.69) is 5.32 Å². The topological polar surface area (TPSA) is 69.7 Å². The van der Waals surface area contributed by atoms with Crippen LogP contribution in [-0.4, -0.2) is 46.4 Å². The van der Waals surface area contributed by atoms with Crippen LogP contribution in [0.1, 0.15) is 15.9 Å². The molecule has 0 unspecified atom stereocenters. The zero-order chi connectivity index (χ0) is 22.3. The number of para-hydroxylation sites is 1. The first-order valence-corrected chi connectivity index (χ1v) is 11.5. The molecule has 31 heavy (non-hydrogen) atoms. The molecule has 0 aliphatic heterocycles. The fraction of sp³-hybridized carbons (Fsp3) is 0.208. The van der Waals surface area contributed by atoms with Crippen molar-refractivity contribution in [1.29, 1.82) is 0 Å². The number of nitrogens with zero attached hydrogens (tertiary/aromatic N) is 2. The summed E-state index contributed by atoms with van der Waals surface area (Å²) in [6.07, 6.45) is 0. The Morgan fingerprint density at radius 2 is 1.42 bits per heavy atom. The fourth-order valence-electron chi connectivity index (χ4n) is 3.14. The fourth-order valence-corrected chi connectivity index (χ4v) is 4.63. The van der Waals surface area contributed by atoms with Crippen LogP contribution in [0.25, 0.3) is 0 Å². The molecule has 0 spiro atoms. The van der Waals surface area contributed by atoms with Gasteiger partial charge in [0.05, 0.1) is 22.7 Å². The standard InChI is InChI=1S/C24H27N3O3S/c1-26(2)18-17-25-24(28)22-15-9-10-16-23(22)27(19-20-11-5-3-6-12-20)31(29,30)21-13-7-4-8-14-21/h3-16H,17-19H2,1-2H3,(H,25,28). The van der Waals surface area contributed by atoms with Crippen LogP contribution in [-0.2, 0) is 16.6 Å². The van der Waals surface area contributed by atoms with Crippen molar-refractivity contribution in [2.75, 3.05) is 31.5 Å². The van der Waals surface area contributed by atoms with Crippen LogP contribution in [0, 0.1) is 0 Å². The Labute approximate surface area is 184 Å². The van der Waals surface area contributed by atoms with Gasteiger partial charge in [0.2, 0.25) is 0 Å². The van der Waals surface area contributed by atoms with Crippen LogP contribution in [0.5, 0.6) is 0 Å². The second kappa shape index (κ2) is 10.2. The lowest BCUT2D eigenvalue weighted by Crippen LogP contribution is -2.35. The summed E-state index contributed by atoms with van der Waals surface area (Å²) in [6, 6.07) is 24.4. The van der Waals surface area contributed by atoms with E-state index in [9.17, 15) is 13.2 Å². The molecule has 7 heteroatoms. The molecular weight excluding hydrogens is 410 g/mol. The number of carbonyl (C=O) groups is 1. The van der Waals surface area contributed by atoms with E-state index in [0.29, 0.717) is 24.3 Å². The highest BCUT2D eigenvalue weighted by atomic mass is 32.2. The van der Waals surface area contributed by atoms with Crippen LogP contribution < -0.4 is 9.62 Å². The smallest absolute Gasteiger partial charge is 0.264 e. The largest absolute Gasteiger partial charge is 0.351 e. The molecular formula is C24H27N3O3S. The molecule has 162 valence electrons. The highest BCUT2D eigenvalue weighted by molar-refractivity contribution is 7.92. The van der Waals surface area contributed by atoms with Gasteiger partial charge < -0.3 is 10.2 Å². The summed E-state index contributed by atoms with van der Waals surface area (Å²) in [7, 11) is -0.0477. The van der Waals surface area contributed by atoms with Gasteiger partial charge in [0.15, 0.2) is 0 Å². The maximum Gasteiger partial charge on any atom is 0.264 e. The lowest BCUT2D eigenvalue weighted by Gasteiger charge is -2.26. The van der Waals surface area contributed by atoms with Gasteiger partial charge in [0, 0.05) is 13.1 Å². The minimum absolute atomic E-state index is 0.111. The monoisotopic (exact) mass is 437 g/mol. The van der Waals surface area contributed by atoms with Crippen LogP contribution in [0.4, 0.5) is 5.69 Å². The molecule has 0 heterocycles. The van der Waals surface area contributed by atoms with Crippen LogP contribution in [0.15, 0.2) is 89.8 Å². The summed E-state index contributed by atoms with van der Waals surface area (Å²) in [5, 5.41) is 2.88. The Balaban J connectivity index is 2.03. The van der Waals surface area contributed by atoms with Gasteiger partial charge in [-0.3, -0.25) is 9.10 Å². The Morgan fingerprint density at radius 1 is 0.839 bits per heavy atom. The molecule has 1 amide bonds. The number of nitrogens with one attached hydrogen (secondary N) is 1. The molecule has 6 nitrogen and oxygen atoms in total. The molecule has 0 aliphatic carbocycles. The van der Waals surface area contributed by atoms with Crippen molar-refractivity contribution < 1.29 is 13.2 Å². The predicted octanol–water partition coefficient (Wildman–Crippen LogP) is 3.37. The van der Waals surface area contributed by atoms with Crippen LogP contribution >= 0.6 is 0 Å². The van der Waals surface area contributed by atoms with E-state index in [0.717, 1.165) is 5.56 Å². The molecule has 0 saturated heterocycles. The van der Waals surface area contributed by atoms with Crippen molar-refractivity contribution in [2.24, 2.45) is 0 Å². The molecule has 3 aromatic rings. The number of hydrogen-bond acceptors (Lipinski definition) is 4. The number of benzene rings is 3. The summed E-state index contributed by atoms with van der Waals surface area (Å²) in [6.45, 7) is 1.26. The minimum atomic E-state index is -3.90. The van der Waals surface area contributed by atoms with Crippen LogP contribution in [0.3, 0.4) is 0 Å². The van der Waals surface area contributed by atoms with Crippen molar-refractivity contribution in [1.82, 2.24) is 10.2 Å². The highest BCUT2D eigenvalue weighted by Gasteiger charge is 2.28. The summed E-state index contributed by atoms with van der Waals surface area (Å²) in [4.78, 5) is 15.1. The third kappa shape index (κ3) is 5.71. The van der Waals surface area contributed by atoms with Crippen molar-refractivity contribution in [3.05, 3.63) is 96.1 Å². The van der Waals surface area contributed by atoms with Gasteiger partial charge in [-0.2, -0.15) is 0 Å². The van der Waals surface area contributed by atoms with Crippen molar-refractivity contribution >= 4 is 21.6 Å². The molecule has 0 bridgehead atoms. The van der Waals surface area contributed by atoms with E-state index >= 15 is 0 Å². The Hall–Kier alpha value is -3.16. The molecule has 3 aromatic carbocycles. The average Bonchev–Trinajstić information content (AvgIpc) is 2.78. The van der Waals surface area contributed by atoms with Gasteiger partial charge in [0.25, 0.3) is 15.9 Å². The average molecular weight is 438 g/mol. The first kappa shape index (κ1) is 22.5. The van der Waals surface area contributed by atoms with Crippen LogP contribution in [0.2, 0.25) is 0 Å². The van der Waals surface area contributed by atoms with E-state index in [-0.39, 0.29) is 17.3 Å². The van der Waals surface area contributed by atoms with E-state index in [4.69, 9.17) is 0 Å². The maximum atomic E-state index is 13.6. The van der Waals surface area contributed by atoms with E-state index in [1.54, 1.807) is 54.6 Å². The number of hydrogen-bond donors (Lipinski definition) is 1. The van der Waals surface area contributed by atoms with Gasteiger partial charge in [-0.05, 0) is 43.9 Å². The van der Waals surface area contributed by atoms with Crippen molar-refractivity contribution in [3.63, 3.8) is 0 Å². The minimum Gasteiger partial charge on any atom is -0.351 e. The maximum absolute atomic E-state index is 13.6. The van der Waals surface area contributed by atoms with Gasteiger partial charge in [-0.1, -0.05) is 60.7 Å². The molecule has 0 aromatic heterocycles. The second-order valence-electron chi connectivity index (χ2n) is 7.39. The lowest BCUT2D eigenvalue weighted by atomic mass is 10.1. The Bertz CT molecular complexity index is 1100. The summed E-state index contributed by atoms with van der Waals surface area (Å²) >= 11 is 0. The molecule has 0 aliphatic rings. The molecule has 1 N–H and O–H groups in total. The normalized spacial score (nSPS) is 11.3. The quantitative estimate of drug-likeness (QED) is 0.557. The first-order chi connectivity index (χ1) is 14.9. The van der Waals surface area contributed by atoms with Gasteiger partial charge in [-0.25, -0.2) is 8.42 Å².